The highest BCUT2D eigenvalue weighted by atomic mass is 16.4. The summed E-state index contributed by atoms with van der Waals surface area (Å²) in [5.41, 5.74) is 3.95. The molecule has 0 saturated carbocycles. The molecule has 2 aromatic heterocycles. The predicted molar refractivity (Wildman–Crippen MR) is 116 cm³/mol. The third-order valence-electron chi connectivity index (χ3n) is 4.88. The first-order valence-corrected chi connectivity index (χ1v) is 9.96. The molecule has 5 heteroatoms. The number of amides is 1. The summed E-state index contributed by atoms with van der Waals surface area (Å²) < 4.78 is 5.83. The fraction of sp³-hybridized carbons (Fsp3) is 0.160. The van der Waals surface area contributed by atoms with Gasteiger partial charge in [0.1, 0.15) is 0 Å². The van der Waals surface area contributed by atoms with E-state index in [9.17, 15) is 4.79 Å². The highest BCUT2D eigenvalue weighted by Gasteiger charge is 2.18. The lowest BCUT2D eigenvalue weighted by molar-refractivity contribution is -0.121. The number of nitrogens with one attached hydrogen (secondary N) is 1. The Hall–Kier alpha value is -3.73. The lowest BCUT2D eigenvalue weighted by Crippen LogP contribution is -2.30. The maximum Gasteiger partial charge on any atom is 0.221 e. The van der Waals surface area contributed by atoms with Crippen molar-refractivity contribution in [3.63, 3.8) is 0 Å². The van der Waals surface area contributed by atoms with Crippen LogP contribution in [0.4, 0.5) is 0 Å². The molecule has 5 nitrogen and oxygen atoms in total. The van der Waals surface area contributed by atoms with E-state index < -0.39 is 0 Å². The van der Waals surface area contributed by atoms with Crippen molar-refractivity contribution in [3.05, 3.63) is 108 Å². The number of oxazole rings is 1. The highest BCUT2D eigenvalue weighted by Crippen LogP contribution is 2.22. The Morgan fingerprint density at radius 1 is 0.967 bits per heavy atom. The first-order valence-electron chi connectivity index (χ1n) is 9.96. The number of carbonyl (C=O) groups is 1. The van der Waals surface area contributed by atoms with E-state index in [0.29, 0.717) is 18.1 Å². The van der Waals surface area contributed by atoms with Crippen molar-refractivity contribution in [3.8, 4) is 11.3 Å². The predicted octanol–water partition coefficient (Wildman–Crippen LogP) is 4.88. The Bertz CT molecular complexity index is 1050. The van der Waals surface area contributed by atoms with Crippen LogP contribution >= 0.6 is 0 Å². The molecule has 0 aliphatic rings. The fourth-order valence-corrected chi connectivity index (χ4v) is 3.25. The molecule has 30 heavy (non-hydrogen) atoms. The van der Waals surface area contributed by atoms with E-state index in [1.165, 1.54) is 5.56 Å². The second-order valence-electron chi connectivity index (χ2n) is 7.15. The lowest BCUT2D eigenvalue weighted by atomic mass is 10.0. The van der Waals surface area contributed by atoms with Gasteiger partial charge in [0.2, 0.25) is 5.91 Å². The molecule has 1 amide bonds. The van der Waals surface area contributed by atoms with Crippen LogP contribution in [-0.2, 0) is 11.2 Å². The molecule has 1 atom stereocenters. The Morgan fingerprint density at radius 3 is 2.47 bits per heavy atom. The molecule has 0 bridgehead atoms. The molecule has 4 rings (SSSR count). The average molecular weight is 397 g/mol. The van der Waals surface area contributed by atoms with Gasteiger partial charge in [-0.05, 0) is 24.6 Å². The molecule has 1 N–H and O–H groups in total. The molecule has 1 unspecified atom stereocenters. The van der Waals surface area contributed by atoms with E-state index in [4.69, 9.17) is 4.42 Å². The number of aryl methyl sites for hydroxylation is 2. The van der Waals surface area contributed by atoms with Crippen molar-refractivity contribution in [1.29, 1.82) is 0 Å². The summed E-state index contributed by atoms with van der Waals surface area (Å²) in [7, 11) is 0. The maximum absolute atomic E-state index is 12.7. The normalized spacial score (nSPS) is 11.8. The lowest BCUT2D eigenvalue weighted by Gasteiger charge is -2.18. The average Bonchev–Trinajstić information content (AvgIpc) is 3.27. The summed E-state index contributed by atoms with van der Waals surface area (Å²) in [5, 5.41) is 3.09. The molecule has 0 radical (unpaired) electrons. The standard InChI is InChI=1S/C25H23N3O2/c1-18-10-12-19(13-11-18)22-17-27-24(30-22)15-14-23(29)28-25(20-7-3-2-4-8-20)21-9-5-6-16-26-21/h2-13,16-17,25H,14-15H2,1H3,(H,28,29). The van der Waals surface area contributed by atoms with Crippen molar-refractivity contribution in [2.45, 2.75) is 25.8 Å². The molecular weight excluding hydrogens is 374 g/mol. The van der Waals surface area contributed by atoms with Crippen LogP contribution in [0.3, 0.4) is 0 Å². The van der Waals surface area contributed by atoms with Gasteiger partial charge in [0, 0.05) is 24.6 Å². The van der Waals surface area contributed by atoms with E-state index in [2.05, 4.69) is 15.3 Å². The summed E-state index contributed by atoms with van der Waals surface area (Å²) in [4.78, 5) is 21.4. The van der Waals surface area contributed by atoms with E-state index in [1.54, 1.807) is 12.4 Å². The van der Waals surface area contributed by atoms with Crippen molar-refractivity contribution in [2.75, 3.05) is 0 Å². The first-order chi connectivity index (χ1) is 14.7. The molecular formula is C25H23N3O2. The van der Waals surface area contributed by atoms with E-state index in [-0.39, 0.29) is 18.4 Å². The molecule has 0 spiro atoms. The summed E-state index contributed by atoms with van der Waals surface area (Å²) in [6, 6.07) is 23.3. The molecule has 150 valence electrons. The minimum Gasteiger partial charge on any atom is -0.441 e. The van der Waals surface area contributed by atoms with Crippen LogP contribution in [0, 0.1) is 6.92 Å². The van der Waals surface area contributed by atoms with E-state index in [1.807, 2.05) is 79.7 Å². The zero-order valence-corrected chi connectivity index (χ0v) is 16.8. The van der Waals surface area contributed by atoms with Crippen LogP contribution in [0.2, 0.25) is 0 Å². The molecule has 4 aromatic rings. The number of hydrogen-bond donors (Lipinski definition) is 1. The highest BCUT2D eigenvalue weighted by molar-refractivity contribution is 5.77. The smallest absolute Gasteiger partial charge is 0.221 e. The SMILES string of the molecule is Cc1ccc(-c2cnc(CCC(=O)NC(c3ccccc3)c3ccccn3)o2)cc1. The van der Waals surface area contributed by atoms with Crippen molar-refractivity contribution in [1.82, 2.24) is 15.3 Å². The van der Waals surface area contributed by atoms with Gasteiger partial charge in [-0.3, -0.25) is 9.78 Å². The van der Waals surface area contributed by atoms with Crippen LogP contribution in [0.1, 0.15) is 35.2 Å². The van der Waals surface area contributed by atoms with Gasteiger partial charge >= 0.3 is 0 Å². The molecule has 2 heterocycles. The summed E-state index contributed by atoms with van der Waals surface area (Å²) in [6.07, 6.45) is 4.15. The van der Waals surface area contributed by atoms with Gasteiger partial charge in [-0.2, -0.15) is 0 Å². The van der Waals surface area contributed by atoms with Crippen molar-refractivity contribution < 1.29 is 9.21 Å². The largest absolute Gasteiger partial charge is 0.441 e. The molecule has 0 aliphatic heterocycles. The van der Waals surface area contributed by atoms with Crippen LogP contribution in [0.5, 0.6) is 0 Å². The van der Waals surface area contributed by atoms with Gasteiger partial charge in [-0.25, -0.2) is 4.98 Å². The molecule has 0 fully saturated rings. The minimum atomic E-state index is -0.299. The third-order valence-corrected chi connectivity index (χ3v) is 4.88. The Balaban J connectivity index is 1.41. The zero-order valence-electron chi connectivity index (χ0n) is 16.8. The van der Waals surface area contributed by atoms with Gasteiger partial charge in [0.15, 0.2) is 11.7 Å². The van der Waals surface area contributed by atoms with Crippen molar-refractivity contribution in [2.24, 2.45) is 0 Å². The van der Waals surface area contributed by atoms with Gasteiger partial charge in [0.25, 0.3) is 0 Å². The number of nitrogens with zero attached hydrogens (tertiary/aromatic N) is 2. The molecule has 0 aliphatic carbocycles. The monoisotopic (exact) mass is 397 g/mol. The topological polar surface area (TPSA) is 68.0 Å². The fourth-order valence-electron chi connectivity index (χ4n) is 3.25. The number of benzene rings is 2. The van der Waals surface area contributed by atoms with E-state index >= 15 is 0 Å². The van der Waals surface area contributed by atoms with Crippen LogP contribution in [0.25, 0.3) is 11.3 Å². The Morgan fingerprint density at radius 2 is 1.73 bits per heavy atom. The van der Waals surface area contributed by atoms with Gasteiger partial charge < -0.3 is 9.73 Å². The zero-order chi connectivity index (χ0) is 20.8. The Labute approximate surface area is 175 Å². The number of carbonyl (C=O) groups excluding carboxylic acids is 1. The number of aromatic nitrogens is 2. The molecule has 2 aromatic carbocycles. The minimum absolute atomic E-state index is 0.0791. The van der Waals surface area contributed by atoms with Gasteiger partial charge in [-0.1, -0.05) is 66.2 Å². The summed E-state index contributed by atoms with van der Waals surface area (Å²) in [5.74, 6) is 1.18. The first kappa shape index (κ1) is 19.6. The number of rotatable bonds is 7. The second-order valence-corrected chi connectivity index (χ2v) is 7.15. The number of hydrogen-bond acceptors (Lipinski definition) is 4. The van der Waals surface area contributed by atoms with Crippen LogP contribution in [-0.4, -0.2) is 15.9 Å². The van der Waals surface area contributed by atoms with Crippen molar-refractivity contribution >= 4 is 5.91 Å². The third kappa shape index (κ3) is 4.81. The van der Waals surface area contributed by atoms with Gasteiger partial charge in [-0.15, -0.1) is 0 Å². The quantitative estimate of drug-likeness (QED) is 0.482. The summed E-state index contributed by atoms with van der Waals surface area (Å²) in [6.45, 7) is 2.04. The Kier molecular flexibility index (Phi) is 5.99. The van der Waals surface area contributed by atoms with Crippen LogP contribution in [0.15, 0.2) is 89.6 Å². The number of pyridine rings is 1. The maximum atomic E-state index is 12.7. The summed E-state index contributed by atoms with van der Waals surface area (Å²) >= 11 is 0. The molecule has 0 saturated heterocycles. The second kappa shape index (κ2) is 9.18. The van der Waals surface area contributed by atoms with Gasteiger partial charge in [0.05, 0.1) is 17.9 Å². The van der Waals surface area contributed by atoms with Crippen LogP contribution < -0.4 is 5.32 Å². The van der Waals surface area contributed by atoms with E-state index in [0.717, 1.165) is 16.8 Å².